The monoisotopic (exact) mass is 397 g/mol. The van der Waals surface area contributed by atoms with Gasteiger partial charge in [0.1, 0.15) is 11.5 Å². The number of nitrogens with one attached hydrogen (secondary N) is 3. The van der Waals surface area contributed by atoms with E-state index in [-0.39, 0.29) is 30.2 Å². The van der Waals surface area contributed by atoms with Crippen molar-refractivity contribution in [1.29, 1.82) is 0 Å². The van der Waals surface area contributed by atoms with Gasteiger partial charge in [-0.25, -0.2) is 19.9 Å². The first-order valence-electron chi connectivity index (χ1n) is 8.87. The summed E-state index contributed by atoms with van der Waals surface area (Å²) in [6, 6.07) is 0.842. The summed E-state index contributed by atoms with van der Waals surface area (Å²) in [7, 11) is 0. The normalized spacial score (nSPS) is 24.4. The molecule has 3 heterocycles. The van der Waals surface area contributed by atoms with Crippen LogP contribution < -0.4 is 15.9 Å². The molecule has 0 spiro atoms. The van der Waals surface area contributed by atoms with E-state index in [1.807, 2.05) is 0 Å². The van der Waals surface area contributed by atoms with Crippen molar-refractivity contribution in [3.63, 3.8) is 0 Å². The molecule has 0 bridgehead atoms. The number of carbonyl (C=O) groups excluding carboxylic acids is 1. The van der Waals surface area contributed by atoms with E-state index in [9.17, 15) is 22.8 Å². The van der Waals surface area contributed by atoms with Crippen molar-refractivity contribution < 1.29 is 18.0 Å². The van der Waals surface area contributed by atoms with Crippen LogP contribution in [0.4, 0.5) is 19.1 Å². The summed E-state index contributed by atoms with van der Waals surface area (Å²) in [5, 5.41) is 8.69. The number of nitrogens with zero attached hydrogens (tertiary/aromatic N) is 4. The quantitative estimate of drug-likeness (QED) is 0.698. The smallest absolute Gasteiger partial charge is 0.349 e. The van der Waals surface area contributed by atoms with Gasteiger partial charge in [0.15, 0.2) is 0 Å². The lowest BCUT2D eigenvalue weighted by molar-refractivity contribution is -0.141. The Hall–Kier alpha value is -2.92. The van der Waals surface area contributed by atoms with Gasteiger partial charge in [-0.2, -0.15) is 18.3 Å². The first-order valence-corrected chi connectivity index (χ1v) is 8.87. The lowest BCUT2D eigenvalue weighted by atomic mass is 9.61. The van der Waals surface area contributed by atoms with Gasteiger partial charge >= 0.3 is 11.9 Å². The van der Waals surface area contributed by atoms with Gasteiger partial charge in [-0.05, 0) is 30.7 Å². The molecule has 1 aliphatic heterocycles. The standard InChI is InChI=1S/C16H18F3N7O2/c17-16(18,19)11-1-3-20-14(22-11)26-4-2-8-5-9(10(8)7-26)13(27)21-6-12-23-15(28)25-24-12/h1,3,8-10H,2,4-7H2,(H,21,27)(H2,23,24,25,28)/t8-,9-,10-/m1/s1. The molecule has 1 amide bonds. The second-order valence-electron chi connectivity index (χ2n) is 7.08. The van der Waals surface area contributed by atoms with Crippen LogP contribution in [0.5, 0.6) is 0 Å². The van der Waals surface area contributed by atoms with Crippen LogP contribution in [-0.2, 0) is 17.5 Å². The summed E-state index contributed by atoms with van der Waals surface area (Å²) >= 11 is 0. The summed E-state index contributed by atoms with van der Waals surface area (Å²) in [6.07, 6.45) is -1.90. The van der Waals surface area contributed by atoms with Crippen LogP contribution in [0.1, 0.15) is 24.4 Å². The number of aromatic nitrogens is 5. The Morgan fingerprint density at radius 2 is 2.21 bits per heavy atom. The highest BCUT2D eigenvalue weighted by molar-refractivity contribution is 5.80. The summed E-state index contributed by atoms with van der Waals surface area (Å²) in [6.45, 7) is 1.10. The van der Waals surface area contributed by atoms with Crippen LogP contribution in [0.3, 0.4) is 0 Å². The van der Waals surface area contributed by atoms with Crippen molar-refractivity contribution >= 4 is 11.9 Å². The van der Waals surface area contributed by atoms with E-state index >= 15 is 0 Å². The number of carbonyl (C=O) groups is 1. The molecule has 3 N–H and O–H groups in total. The second-order valence-corrected chi connectivity index (χ2v) is 7.08. The van der Waals surface area contributed by atoms with Crippen molar-refractivity contribution in [2.24, 2.45) is 17.8 Å². The minimum absolute atomic E-state index is 0.0325. The molecule has 150 valence electrons. The number of halogens is 3. The Kier molecular flexibility index (Phi) is 4.55. The minimum atomic E-state index is -4.53. The zero-order chi connectivity index (χ0) is 19.9. The molecule has 2 fully saturated rings. The fourth-order valence-electron chi connectivity index (χ4n) is 3.92. The number of rotatable bonds is 4. The highest BCUT2D eigenvalue weighted by Crippen LogP contribution is 2.46. The first-order chi connectivity index (χ1) is 13.3. The van der Waals surface area contributed by atoms with Crippen molar-refractivity contribution in [3.05, 3.63) is 34.3 Å². The molecule has 0 radical (unpaired) electrons. The van der Waals surface area contributed by atoms with Gasteiger partial charge in [0.2, 0.25) is 11.9 Å². The van der Waals surface area contributed by atoms with E-state index < -0.39 is 17.6 Å². The van der Waals surface area contributed by atoms with Crippen molar-refractivity contribution in [2.75, 3.05) is 18.0 Å². The van der Waals surface area contributed by atoms with Crippen molar-refractivity contribution in [3.8, 4) is 0 Å². The fraction of sp³-hybridized carbons (Fsp3) is 0.562. The van der Waals surface area contributed by atoms with Crippen molar-refractivity contribution in [2.45, 2.75) is 25.6 Å². The van der Waals surface area contributed by atoms with Crippen molar-refractivity contribution in [1.82, 2.24) is 30.5 Å². The molecule has 2 aromatic rings. The Bertz CT molecular complexity index is 925. The molecule has 12 heteroatoms. The molecule has 28 heavy (non-hydrogen) atoms. The number of alkyl halides is 3. The summed E-state index contributed by atoms with van der Waals surface area (Å²) < 4.78 is 38.7. The Balaban J connectivity index is 1.39. The summed E-state index contributed by atoms with van der Waals surface area (Å²) in [4.78, 5) is 35.2. The number of H-pyrrole nitrogens is 2. The van der Waals surface area contributed by atoms with E-state index in [1.165, 1.54) is 0 Å². The molecular formula is C16H18F3N7O2. The van der Waals surface area contributed by atoms with Gasteiger partial charge in [-0.15, -0.1) is 0 Å². The van der Waals surface area contributed by atoms with Gasteiger partial charge in [-0.3, -0.25) is 9.78 Å². The van der Waals surface area contributed by atoms with Crippen LogP contribution in [0.2, 0.25) is 0 Å². The fourth-order valence-corrected chi connectivity index (χ4v) is 3.92. The maximum absolute atomic E-state index is 12.9. The molecule has 0 aromatic carbocycles. The van der Waals surface area contributed by atoms with Crippen LogP contribution >= 0.6 is 0 Å². The Morgan fingerprint density at radius 1 is 1.39 bits per heavy atom. The van der Waals surface area contributed by atoms with Crippen LogP contribution in [0.25, 0.3) is 0 Å². The molecule has 2 aliphatic rings. The maximum Gasteiger partial charge on any atom is 0.433 e. The molecule has 1 saturated carbocycles. The molecule has 4 rings (SSSR count). The van der Waals surface area contributed by atoms with Gasteiger partial charge in [0.25, 0.3) is 0 Å². The summed E-state index contributed by atoms with van der Waals surface area (Å²) in [5.41, 5.74) is -1.42. The van der Waals surface area contributed by atoms with Gasteiger partial charge in [0.05, 0.1) is 6.54 Å². The predicted molar refractivity (Wildman–Crippen MR) is 90.0 cm³/mol. The van der Waals surface area contributed by atoms with Gasteiger partial charge < -0.3 is 10.2 Å². The van der Waals surface area contributed by atoms with Crippen LogP contribution in [0.15, 0.2) is 17.1 Å². The van der Waals surface area contributed by atoms with Crippen LogP contribution in [-0.4, -0.2) is 44.1 Å². The molecule has 9 nitrogen and oxygen atoms in total. The average Bonchev–Trinajstić information content (AvgIpc) is 3.06. The number of amides is 1. The largest absolute Gasteiger partial charge is 0.433 e. The number of aromatic amines is 2. The summed E-state index contributed by atoms with van der Waals surface area (Å²) in [5.74, 6) is 0.375. The number of hydrogen-bond donors (Lipinski definition) is 3. The molecule has 1 aliphatic carbocycles. The number of piperidine rings is 1. The number of fused-ring (bicyclic) bond motifs is 1. The molecule has 1 saturated heterocycles. The second kappa shape index (κ2) is 6.91. The zero-order valence-electron chi connectivity index (χ0n) is 14.7. The zero-order valence-corrected chi connectivity index (χ0v) is 14.7. The topological polar surface area (TPSA) is 120 Å². The third-order valence-corrected chi connectivity index (χ3v) is 5.41. The number of anilines is 1. The maximum atomic E-state index is 12.9. The lowest BCUT2D eigenvalue weighted by Crippen LogP contribution is -2.55. The highest BCUT2D eigenvalue weighted by Gasteiger charge is 2.48. The Morgan fingerprint density at radius 3 is 2.93 bits per heavy atom. The molecule has 3 atom stereocenters. The first kappa shape index (κ1) is 18.4. The van der Waals surface area contributed by atoms with E-state index in [0.717, 1.165) is 25.1 Å². The Labute approximate surface area is 156 Å². The minimum Gasteiger partial charge on any atom is -0.349 e. The third-order valence-electron chi connectivity index (χ3n) is 5.41. The highest BCUT2D eigenvalue weighted by atomic mass is 19.4. The van der Waals surface area contributed by atoms with Gasteiger partial charge in [0, 0.05) is 25.2 Å². The van der Waals surface area contributed by atoms with E-state index in [1.54, 1.807) is 4.90 Å². The molecule has 0 unspecified atom stereocenters. The van der Waals surface area contributed by atoms with E-state index in [0.29, 0.717) is 24.8 Å². The average molecular weight is 397 g/mol. The third kappa shape index (κ3) is 3.58. The number of hydrogen-bond acceptors (Lipinski definition) is 6. The lowest BCUT2D eigenvalue weighted by Gasteiger charge is -2.50. The van der Waals surface area contributed by atoms with E-state index in [4.69, 9.17) is 0 Å². The van der Waals surface area contributed by atoms with E-state index in [2.05, 4.69) is 30.5 Å². The molecular weight excluding hydrogens is 379 g/mol. The predicted octanol–water partition coefficient (Wildman–Crippen LogP) is 0.686. The van der Waals surface area contributed by atoms with Crippen LogP contribution in [0, 0.1) is 17.8 Å². The SMILES string of the molecule is O=C(NCc1n[nH]c(=O)[nH]1)[C@@H]1C[C@H]2CCN(c3nccc(C(F)(F)F)n3)C[C@H]21. The molecule has 2 aromatic heterocycles. The van der Waals surface area contributed by atoms with Gasteiger partial charge in [-0.1, -0.05) is 0 Å².